The molecule has 0 aliphatic carbocycles. The second kappa shape index (κ2) is 5.76. The number of hydrogen-bond donors (Lipinski definition) is 1. The fourth-order valence-electron chi connectivity index (χ4n) is 2.22. The molecule has 1 aliphatic rings. The molecule has 5 nitrogen and oxygen atoms in total. The van der Waals surface area contributed by atoms with Crippen LogP contribution < -0.4 is 4.72 Å². The zero-order valence-corrected chi connectivity index (χ0v) is 13.5. The molecule has 7 heteroatoms. The van der Waals surface area contributed by atoms with Crippen LogP contribution in [0.4, 0.5) is 5.82 Å². The maximum atomic E-state index is 12.3. The van der Waals surface area contributed by atoms with Gasteiger partial charge in [0.1, 0.15) is 5.82 Å². The van der Waals surface area contributed by atoms with Gasteiger partial charge in [0.05, 0.1) is 5.69 Å². The molecule has 0 spiro atoms. The number of anilines is 1. The molecule has 0 radical (unpaired) electrons. The molecule has 2 heterocycles. The van der Waals surface area contributed by atoms with E-state index < -0.39 is 10.2 Å². The van der Waals surface area contributed by atoms with E-state index in [0.717, 1.165) is 29.4 Å². The van der Waals surface area contributed by atoms with Crippen LogP contribution in [0.15, 0.2) is 16.6 Å². The van der Waals surface area contributed by atoms with Crippen LogP contribution in [0, 0.1) is 6.92 Å². The second-order valence-electron chi connectivity index (χ2n) is 4.83. The number of aromatic nitrogens is 1. The van der Waals surface area contributed by atoms with Crippen molar-refractivity contribution in [1.82, 2.24) is 9.29 Å². The average Bonchev–Trinajstić information content (AvgIpc) is 2.34. The lowest BCUT2D eigenvalue weighted by atomic mass is 10.1. The lowest BCUT2D eigenvalue weighted by Crippen LogP contribution is -2.44. The molecule has 1 aromatic rings. The van der Waals surface area contributed by atoms with Crippen molar-refractivity contribution >= 4 is 32.0 Å². The van der Waals surface area contributed by atoms with Gasteiger partial charge < -0.3 is 0 Å². The molecule has 1 aliphatic heterocycles. The third kappa shape index (κ3) is 3.46. The molecule has 1 saturated heterocycles. The van der Waals surface area contributed by atoms with E-state index >= 15 is 0 Å². The van der Waals surface area contributed by atoms with Crippen LogP contribution in [0.2, 0.25) is 0 Å². The highest BCUT2D eigenvalue weighted by molar-refractivity contribution is 9.10. The van der Waals surface area contributed by atoms with Crippen molar-refractivity contribution in [2.45, 2.75) is 39.2 Å². The van der Waals surface area contributed by atoms with Crippen LogP contribution in [0.3, 0.4) is 0 Å². The number of piperidine rings is 1. The van der Waals surface area contributed by atoms with Crippen LogP contribution in [-0.4, -0.2) is 30.3 Å². The van der Waals surface area contributed by atoms with Crippen molar-refractivity contribution in [2.75, 3.05) is 11.3 Å². The van der Waals surface area contributed by atoms with Crippen molar-refractivity contribution in [3.05, 3.63) is 22.3 Å². The highest BCUT2D eigenvalue weighted by atomic mass is 79.9. The Morgan fingerprint density at radius 3 is 2.79 bits per heavy atom. The SMILES string of the molecule is Cc1nc(NS(=O)(=O)N2CCCCC2C)ccc1Br. The van der Waals surface area contributed by atoms with E-state index in [4.69, 9.17) is 0 Å². The van der Waals surface area contributed by atoms with Gasteiger partial charge in [-0.15, -0.1) is 0 Å². The maximum Gasteiger partial charge on any atom is 0.303 e. The molecule has 1 N–H and O–H groups in total. The number of nitrogens with zero attached hydrogens (tertiary/aromatic N) is 2. The fraction of sp³-hybridized carbons (Fsp3) is 0.583. The van der Waals surface area contributed by atoms with Gasteiger partial charge in [0.15, 0.2) is 0 Å². The highest BCUT2D eigenvalue weighted by Gasteiger charge is 2.29. The van der Waals surface area contributed by atoms with Gasteiger partial charge in [0.2, 0.25) is 0 Å². The van der Waals surface area contributed by atoms with Crippen LogP contribution in [0.5, 0.6) is 0 Å². The van der Waals surface area contributed by atoms with E-state index in [1.807, 2.05) is 13.8 Å². The monoisotopic (exact) mass is 347 g/mol. The largest absolute Gasteiger partial charge is 0.303 e. The van der Waals surface area contributed by atoms with Crippen molar-refractivity contribution in [1.29, 1.82) is 0 Å². The predicted octanol–water partition coefficient (Wildman–Crippen LogP) is 2.68. The average molecular weight is 348 g/mol. The Bertz CT molecular complexity index is 562. The van der Waals surface area contributed by atoms with Gasteiger partial charge in [0, 0.05) is 17.1 Å². The molecule has 1 fully saturated rings. The van der Waals surface area contributed by atoms with E-state index in [1.165, 1.54) is 4.31 Å². The molecular weight excluding hydrogens is 330 g/mol. The van der Waals surface area contributed by atoms with Gasteiger partial charge >= 0.3 is 10.2 Å². The Balaban J connectivity index is 2.18. The minimum Gasteiger partial charge on any atom is -0.254 e. The van der Waals surface area contributed by atoms with Gasteiger partial charge in [-0.1, -0.05) is 6.42 Å². The molecule has 0 amide bonds. The van der Waals surface area contributed by atoms with Crippen LogP contribution >= 0.6 is 15.9 Å². The van der Waals surface area contributed by atoms with E-state index in [-0.39, 0.29) is 6.04 Å². The summed E-state index contributed by atoms with van der Waals surface area (Å²) < 4.78 is 29.6. The maximum absolute atomic E-state index is 12.3. The van der Waals surface area contributed by atoms with E-state index in [0.29, 0.717) is 12.4 Å². The van der Waals surface area contributed by atoms with Crippen LogP contribution in [0.25, 0.3) is 0 Å². The lowest BCUT2D eigenvalue weighted by Gasteiger charge is -2.32. The Morgan fingerprint density at radius 2 is 2.16 bits per heavy atom. The summed E-state index contributed by atoms with van der Waals surface area (Å²) in [5.41, 5.74) is 0.756. The third-order valence-corrected chi connectivity index (χ3v) is 5.77. The smallest absolute Gasteiger partial charge is 0.254 e. The fourth-order valence-corrected chi connectivity index (χ4v) is 3.89. The summed E-state index contributed by atoms with van der Waals surface area (Å²) in [6, 6.07) is 3.49. The summed E-state index contributed by atoms with van der Waals surface area (Å²) >= 11 is 3.35. The summed E-state index contributed by atoms with van der Waals surface area (Å²) in [5.74, 6) is 0.360. The van der Waals surface area contributed by atoms with E-state index in [1.54, 1.807) is 12.1 Å². The topological polar surface area (TPSA) is 62.3 Å². The molecule has 1 aromatic heterocycles. The zero-order valence-electron chi connectivity index (χ0n) is 11.1. The first kappa shape index (κ1) is 14.7. The minimum atomic E-state index is -3.51. The van der Waals surface area contributed by atoms with Crippen molar-refractivity contribution in [3.63, 3.8) is 0 Å². The van der Waals surface area contributed by atoms with Gasteiger partial charge in [-0.05, 0) is 54.8 Å². The summed E-state index contributed by atoms with van der Waals surface area (Å²) in [6.07, 6.45) is 2.91. The molecule has 0 bridgehead atoms. The first-order valence-electron chi connectivity index (χ1n) is 6.33. The standard InChI is InChI=1S/C12H18BrN3O2S/c1-9-5-3-4-8-16(9)19(17,18)15-12-7-6-11(13)10(2)14-12/h6-7,9H,3-5,8H2,1-2H3,(H,14,15). The third-order valence-electron chi connectivity index (χ3n) is 3.31. The predicted molar refractivity (Wildman–Crippen MR) is 79.2 cm³/mol. The molecule has 106 valence electrons. The number of nitrogens with one attached hydrogen (secondary N) is 1. The highest BCUT2D eigenvalue weighted by Crippen LogP contribution is 2.22. The van der Waals surface area contributed by atoms with Gasteiger partial charge in [-0.3, -0.25) is 4.72 Å². The first-order valence-corrected chi connectivity index (χ1v) is 8.56. The Kier molecular flexibility index (Phi) is 4.47. The number of rotatable bonds is 3. The summed E-state index contributed by atoms with van der Waals surface area (Å²) in [7, 11) is -3.51. The molecule has 0 saturated carbocycles. The number of hydrogen-bond acceptors (Lipinski definition) is 3. The van der Waals surface area contributed by atoms with Crippen molar-refractivity contribution < 1.29 is 8.42 Å². The molecule has 0 aromatic carbocycles. The number of halogens is 1. The molecule has 1 unspecified atom stereocenters. The second-order valence-corrected chi connectivity index (χ2v) is 7.30. The number of aryl methyl sites for hydroxylation is 1. The molecule has 1 atom stereocenters. The van der Waals surface area contributed by atoms with E-state index in [9.17, 15) is 8.42 Å². The van der Waals surface area contributed by atoms with Crippen molar-refractivity contribution in [2.24, 2.45) is 0 Å². The van der Waals surface area contributed by atoms with Crippen LogP contribution in [0.1, 0.15) is 31.9 Å². The van der Waals surface area contributed by atoms with Crippen molar-refractivity contribution in [3.8, 4) is 0 Å². The Labute approximate surface area is 122 Å². The van der Waals surface area contributed by atoms with E-state index in [2.05, 4.69) is 25.6 Å². The Morgan fingerprint density at radius 1 is 1.42 bits per heavy atom. The summed E-state index contributed by atoms with van der Waals surface area (Å²) in [4.78, 5) is 4.21. The number of pyridine rings is 1. The summed E-state index contributed by atoms with van der Waals surface area (Å²) in [5, 5.41) is 0. The minimum absolute atomic E-state index is 0.0443. The summed E-state index contributed by atoms with van der Waals surface area (Å²) in [6.45, 7) is 4.34. The van der Waals surface area contributed by atoms with Gasteiger partial charge in [-0.2, -0.15) is 12.7 Å². The zero-order chi connectivity index (χ0) is 14.0. The Hall–Kier alpha value is -0.660. The normalized spacial score (nSPS) is 21.3. The first-order chi connectivity index (χ1) is 8.90. The molecular formula is C12H18BrN3O2S. The van der Waals surface area contributed by atoms with Gasteiger partial charge in [0.25, 0.3) is 0 Å². The van der Waals surface area contributed by atoms with Crippen LogP contribution in [-0.2, 0) is 10.2 Å². The molecule has 2 rings (SSSR count). The quantitative estimate of drug-likeness (QED) is 0.914. The van der Waals surface area contributed by atoms with Gasteiger partial charge in [-0.25, -0.2) is 4.98 Å². The molecule has 19 heavy (non-hydrogen) atoms. The lowest BCUT2D eigenvalue weighted by molar-refractivity contribution is 0.270.